The van der Waals surface area contributed by atoms with Gasteiger partial charge in [0.1, 0.15) is 5.41 Å². The number of benzene rings is 1. The van der Waals surface area contributed by atoms with E-state index in [1.807, 2.05) is 12.1 Å². The van der Waals surface area contributed by atoms with Crippen molar-refractivity contribution >= 4 is 11.9 Å². The Balaban J connectivity index is 2.63. The Bertz CT molecular complexity index is 533. The Kier molecular flexibility index (Phi) is 2.58. The standard InChI is InChI=1S/C13H13NO3/c1-9-7-10-5-3-4-6-11(10)13(2,12(9)15)8-14(16)17/h3-7H,8H2,1-2H3. The van der Waals surface area contributed by atoms with Crippen LogP contribution >= 0.6 is 0 Å². The predicted molar refractivity (Wildman–Crippen MR) is 64.3 cm³/mol. The lowest BCUT2D eigenvalue weighted by Crippen LogP contribution is -2.42. The summed E-state index contributed by atoms with van der Waals surface area (Å²) in [6, 6.07) is 7.34. The summed E-state index contributed by atoms with van der Waals surface area (Å²) in [5, 5.41) is 10.8. The van der Waals surface area contributed by atoms with Crippen LogP contribution in [-0.4, -0.2) is 17.3 Å². The number of carbonyl (C=O) groups excluding carboxylic acids is 1. The van der Waals surface area contributed by atoms with Crippen molar-refractivity contribution in [3.63, 3.8) is 0 Å². The summed E-state index contributed by atoms with van der Waals surface area (Å²) >= 11 is 0. The lowest BCUT2D eigenvalue weighted by atomic mass is 9.71. The molecule has 0 bridgehead atoms. The second-order valence-corrected chi connectivity index (χ2v) is 4.57. The van der Waals surface area contributed by atoms with Crippen molar-refractivity contribution in [1.82, 2.24) is 0 Å². The van der Waals surface area contributed by atoms with Gasteiger partial charge in [0.05, 0.1) is 0 Å². The molecule has 1 aromatic carbocycles. The molecule has 0 saturated heterocycles. The number of nitro groups is 1. The number of ketones is 1. The third kappa shape index (κ3) is 1.75. The minimum atomic E-state index is -1.04. The number of rotatable bonds is 2. The number of carbonyl (C=O) groups is 1. The molecular formula is C13H13NO3. The summed E-state index contributed by atoms with van der Waals surface area (Å²) in [4.78, 5) is 22.5. The van der Waals surface area contributed by atoms with Crippen LogP contribution in [0.1, 0.15) is 25.0 Å². The third-order valence-corrected chi connectivity index (χ3v) is 3.23. The van der Waals surface area contributed by atoms with Crippen LogP contribution in [0, 0.1) is 10.1 Å². The number of nitrogens with zero attached hydrogens (tertiary/aromatic N) is 1. The van der Waals surface area contributed by atoms with E-state index in [0.29, 0.717) is 5.57 Å². The highest BCUT2D eigenvalue weighted by Gasteiger charge is 2.43. The summed E-state index contributed by atoms with van der Waals surface area (Å²) in [6.07, 6.45) is 1.79. The van der Waals surface area contributed by atoms with Gasteiger partial charge in [-0.2, -0.15) is 0 Å². The van der Waals surface area contributed by atoms with Gasteiger partial charge < -0.3 is 0 Å². The van der Waals surface area contributed by atoms with Crippen molar-refractivity contribution in [2.75, 3.05) is 6.54 Å². The number of fused-ring (bicyclic) bond motifs is 1. The SMILES string of the molecule is CC1=Cc2ccccc2C(C)(C[N+](=O)[O-])C1=O. The Labute approximate surface area is 99.1 Å². The van der Waals surface area contributed by atoms with Gasteiger partial charge in [-0.05, 0) is 36.6 Å². The zero-order chi connectivity index (χ0) is 12.6. The molecule has 0 N–H and O–H groups in total. The Morgan fingerprint density at radius 3 is 2.65 bits per heavy atom. The molecule has 0 heterocycles. The fourth-order valence-electron chi connectivity index (χ4n) is 2.40. The van der Waals surface area contributed by atoms with Crippen molar-refractivity contribution in [3.8, 4) is 0 Å². The molecule has 0 aromatic heterocycles. The Morgan fingerprint density at radius 1 is 1.35 bits per heavy atom. The van der Waals surface area contributed by atoms with Crippen LogP contribution in [0.3, 0.4) is 0 Å². The van der Waals surface area contributed by atoms with Gasteiger partial charge in [-0.25, -0.2) is 0 Å². The molecule has 88 valence electrons. The molecule has 0 fully saturated rings. The van der Waals surface area contributed by atoms with Crippen molar-refractivity contribution in [2.45, 2.75) is 19.3 Å². The topological polar surface area (TPSA) is 60.2 Å². The molecule has 1 aliphatic rings. The monoisotopic (exact) mass is 231 g/mol. The highest BCUT2D eigenvalue weighted by atomic mass is 16.6. The maximum Gasteiger partial charge on any atom is 0.220 e. The van der Waals surface area contributed by atoms with E-state index in [0.717, 1.165) is 11.1 Å². The average molecular weight is 231 g/mol. The first-order valence-electron chi connectivity index (χ1n) is 5.39. The summed E-state index contributed by atoms with van der Waals surface area (Å²) in [5.41, 5.74) is 1.17. The quantitative estimate of drug-likeness (QED) is 0.579. The van der Waals surface area contributed by atoms with Crippen molar-refractivity contribution in [1.29, 1.82) is 0 Å². The van der Waals surface area contributed by atoms with Crippen LogP contribution in [-0.2, 0) is 10.2 Å². The predicted octanol–water partition coefficient (Wildman–Crippen LogP) is 2.21. The zero-order valence-corrected chi connectivity index (χ0v) is 9.77. The maximum atomic E-state index is 12.2. The maximum absolute atomic E-state index is 12.2. The van der Waals surface area contributed by atoms with E-state index in [1.54, 1.807) is 32.1 Å². The molecule has 4 nitrogen and oxygen atoms in total. The van der Waals surface area contributed by atoms with Crippen molar-refractivity contribution in [2.24, 2.45) is 0 Å². The Morgan fingerprint density at radius 2 is 2.00 bits per heavy atom. The first-order chi connectivity index (χ1) is 7.95. The summed E-state index contributed by atoms with van der Waals surface area (Å²) in [7, 11) is 0. The minimum absolute atomic E-state index is 0.159. The van der Waals surface area contributed by atoms with Crippen LogP contribution in [0.25, 0.3) is 6.08 Å². The summed E-state index contributed by atoms with van der Waals surface area (Å²) in [5.74, 6) is -0.159. The fraction of sp³-hybridized carbons (Fsp3) is 0.308. The molecule has 0 aliphatic heterocycles. The molecule has 1 unspecified atom stereocenters. The van der Waals surface area contributed by atoms with Gasteiger partial charge in [-0.3, -0.25) is 14.9 Å². The molecule has 1 aromatic rings. The Hall–Kier alpha value is -1.97. The van der Waals surface area contributed by atoms with Gasteiger partial charge in [-0.1, -0.05) is 24.3 Å². The summed E-state index contributed by atoms with van der Waals surface area (Å²) < 4.78 is 0. The second-order valence-electron chi connectivity index (χ2n) is 4.57. The highest BCUT2D eigenvalue weighted by molar-refractivity contribution is 6.09. The fourth-order valence-corrected chi connectivity index (χ4v) is 2.40. The molecule has 1 atom stereocenters. The van der Waals surface area contributed by atoms with Crippen LogP contribution < -0.4 is 0 Å². The summed E-state index contributed by atoms with van der Waals surface area (Å²) in [6.45, 7) is 2.98. The smallest absolute Gasteiger partial charge is 0.220 e. The highest BCUT2D eigenvalue weighted by Crippen LogP contribution is 2.36. The molecule has 17 heavy (non-hydrogen) atoms. The second kappa shape index (κ2) is 3.80. The first kappa shape index (κ1) is 11.5. The third-order valence-electron chi connectivity index (χ3n) is 3.23. The molecule has 0 amide bonds. The van der Waals surface area contributed by atoms with Crippen LogP contribution in [0.4, 0.5) is 0 Å². The molecule has 2 rings (SSSR count). The van der Waals surface area contributed by atoms with Crippen LogP contribution in [0.2, 0.25) is 0 Å². The van der Waals surface area contributed by atoms with Gasteiger partial charge >= 0.3 is 0 Å². The van der Waals surface area contributed by atoms with Crippen LogP contribution in [0.5, 0.6) is 0 Å². The molecule has 4 heteroatoms. The van der Waals surface area contributed by atoms with Crippen molar-refractivity contribution < 1.29 is 9.72 Å². The number of hydrogen-bond donors (Lipinski definition) is 0. The zero-order valence-electron chi connectivity index (χ0n) is 9.77. The van der Waals surface area contributed by atoms with E-state index >= 15 is 0 Å². The first-order valence-corrected chi connectivity index (χ1v) is 5.39. The molecule has 1 aliphatic carbocycles. The van der Waals surface area contributed by atoms with E-state index < -0.39 is 10.3 Å². The molecular weight excluding hydrogens is 218 g/mol. The minimum Gasteiger partial charge on any atom is -0.293 e. The lowest BCUT2D eigenvalue weighted by Gasteiger charge is -2.30. The average Bonchev–Trinajstić information content (AvgIpc) is 2.26. The van der Waals surface area contributed by atoms with E-state index in [4.69, 9.17) is 0 Å². The van der Waals surface area contributed by atoms with E-state index in [-0.39, 0.29) is 12.3 Å². The van der Waals surface area contributed by atoms with E-state index in [9.17, 15) is 14.9 Å². The number of hydrogen-bond acceptors (Lipinski definition) is 3. The lowest BCUT2D eigenvalue weighted by molar-refractivity contribution is -0.487. The molecule has 0 radical (unpaired) electrons. The molecule has 0 spiro atoms. The van der Waals surface area contributed by atoms with Crippen molar-refractivity contribution in [3.05, 3.63) is 51.1 Å². The van der Waals surface area contributed by atoms with E-state index in [2.05, 4.69) is 0 Å². The normalized spacial score (nSPS) is 22.9. The van der Waals surface area contributed by atoms with Gasteiger partial charge in [0, 0.05) is 4.92 Å². The molecule has 0 saturated carbocycles. The van der Waals surface area contributed by atoms with Crippen LogP contribution in [0.15, 0.2) is 29.8 Å². The van der Waals surface area contributed by atoms with Gasteiger partial charge in [-0.15, -0.1) is 0 Å². The number of Topliss-reactive ketones (excluding diaryl/α,β-unsaturated/α-hetero) is 1. The van der Waals surface area contributed by atoms with Gasteiger partial charge in [0.2, 0.25) is 6.54 Å². The largest absolute Gasteiger partial charge is 0.293 e. The van der Waals surface area contributed by atoms with Gasteiger partial charge in [0.25, 0.3) is 0 Å². The van der Waals surface area contributed by atoms with Gasteiger partial charge in [0.15, 0.2) is 5.78 Å². The van der Waals surface area contributed by atoms with E-state index in [1.165, 1.54) is 0 Å². The number of allylic oxidation sites excluding steroid dienone is 1.